The molecule has 0 fully saturated rings. The smallest absolute Gasteiger partial charge is 0.0726 e. The Kier molecular flexibility index (Phi) is 7.83. The molecule has 69 heavy (non-hydrogen) atoms. The van der Waals surface area contributed by atoms with E-state index in [-0.39, 0.29) is 5.41 Å². The average Bonchev–Trinajstić information content (AvgIpc) is 4.08. The summed E-state index contributed by atoms with van der Waals surface area (Å²) in [4.78, 5) is 2.43. The predicted octanol–water partition coefficient (Wildman–Crippen LogP) is 17.9. The SMILES string of the molecule is CC1(C)c2ccccc2-c2ccc(N(c3ccc(-c4ccccc4)cc3)c3ccc(-c4ccc5c(c4)C4(c6ccccc6-5)c5ccccc5-c5c4cc4c6c(cccc56)-c5ccccc5-4)cc3)cc21. The highest BCUT2D eigenvalue weighted by Crippen LogP contribution is 2.66. The second kappa shape index (κ2) is 14.0. The van der Waals surface area contributed by atoms with Crippen molar-refractivity contribution >= 4 is 27.8 Å². The third kappa shape index (κ3) is 5.14. The van der Waals surface area contributed by atoms with Crippen LogP contribution < -0.4 is 4.90 Å². The van der Waals surface area contributed by atoms with E-state index in [1.807, 2.05) is 0 Å². The van der Waals surface area contributed by atoms with Crippen LogP contribution in [0.25, 0.3) is 88.7 Å². The first-order valence-electron chi connectivity index (χ1n) is 24.3. The van der Waals surface area contributed by atoms with Crippen LogP contribution in [0.2, 0.25) is 0 Å². The van der Waals surface area contributed by atoms with Crippen molar-refractivity contribution in [3.63, 3.8) is 0 Å². The Morgan fingerprint density at radius 1 is 0.275 bits per heavy atom. The van der Waals surface area contributed by atoms with Gasteiger partial charge in [0.25, 0.3) is 0 Å². The van der Waals surface area contributed by atoms with Crippen molar-refractivity contribution < 1.29 is 0 Å². The number of benzene rings is 11. The summed E-state index contributed by atoms with van der Waals surface area (Å²) in [6.45, 7) is 4.73. The molecule has 11 aromatic rings. The topological polar surface area (TPSA) is 3.24 Å². The van der Waals surface area contributed by atoms with Crippen molar-refractivity contribution in [2.45, 2.75) is 24.7 Å². The highest BCUT2D eigenvalue weighted by molar-refractivity contribution is 6.21. The Morgan fingerprint density at radius 3 is 1.46 bits per heavy atom. The highest BCUT2D eigenvalue weighted by atomic mass is 15.1. The van der Waals surface area contributed by atoms with Crippen LogP contribution in [0.1, 0.15) is 47.2 Å². The summed E-state index contributed by atoms with van der Waals surface area (Å²) in [5.74, 6) is 0. The molecule has 11 aromatic carbocycles. The minimum atomic E-state index is -0.476. The lowest BCUT2D eigenvalue weighted by Crippen LogP contribution is -2.26. The number of rotatable bonds is 5. The number of nitrogens with zero attached hydrogens (tertiary/aromatic N) is 1. The molecule has 15 rings (SSSR count). The van der Waals surface area contributed by atoms with E-state index < -0.39 is 5.41 Å². The lowest BCUT2D eigenvalue weighted by molar-refractivity contribution is 0.660. The molecule has 1 unspecified atom stereocenters. The van der Waals surface area contributed by atoms with Gasteiger partial charge in [-0.05, 0) is 171 Å². The second-order valence-electron chi connectivity index (χ2n) is 19.9. The maximum Gasteiger partial charge on any atom is 0.0726 e. The van der Waals surface area contributed by atoms with E-state index in [2.05, 4.69) is 255 Å². The molecule has 1 atom stereocenters. The molecule has 0 aliphatic heterocycles. The lowest BCUT2D eigenvalue weighted by Gasteiger charge is -2.31. The van der Waals surface area contributed by atoms with Crippen LogP contribution >= 0.6 is 0 Å². The first-order valence-corrected chi connectivity index (χ1v) is 24.3. The fourth-order valence-corrected chi connectivity index (χ4v) is 13.2. The molecule has 0 saturated heterocycles. The van der Waals surface area contributed by atoms with Gasteiger partial charge in [0.2, 0.25) is 0 Å². The van der Waals surface area contributed by atoms with Gasteiger partial charge in [-0.3, -0.25) is 0 Å². The molecule has 1 nitrogen and oxygen atoms in total. The molecule has 0 saturated carbocycles. The molecular weight excluding hydrogens is 831 g/mol. The van der Waals surface area contributed by atoms with Gasteiger partial charge in [-0.2, -0.15) is 0 Å². The first kappa shape index (κ1) is 38.6. The molecule has 4 aliphatic carbocycles. The van der Waals surface area contributed by atoms with E-state index in [4.69, 9.17) is 0 Å². The minimum Gasteiger partial charge on any atom is -0.310 e. The molecule has 1 spiro atoms. The van der Waals surface area contributed by atoms with Crippen LogP contribution in [0.4, 0.5) is 17.1 Å². The fourth-order valence-electron chi connectivity index (χ4n) is 13.2. The average molecular weight is 876 g/mol. The van der Waals surface area contributed by atoms with Crippen molar-refractivity contribution in [3.05, 3.63) is 270 Å². The van der Waals surface area contributed by atoms with Crippen LogP contribution in [0.15, 0.2) is 237 Å². The van der Waals surface area contributed by atoms with Gasteiger partial charge in [0, 0.05) is 22.5 Å². The van der Waals surface area contributed by atoms with Gasteiger partial charge in [0.15, 0.2) is 0 Å². The molecule has 4 aliphatic rings. The molecule has 0 aromatic heterocycles. The molecule has 0 amide bonds. The zero-order valence-electron chi connectivity index (χ0n) is 38.5. The van der Waals surface area contributed by atoms with E-state index in [9.17, 15) is 0 Å². The summed E-state index contributed by atoms with van der Waals surface area (Å²) in [6.07, 6.45) is 0. The van der Waals surface area contributed by atoms with Crippen LogP contribution in [0.5, 0.6) is 0 Å². The first-order chi connectivity index (χ1) is 34.0. The van der Waals surface area contributed by atoms with Crippen molar-refractivity contribution in [3.8, 4) is 77.9 Å². The Labute approximate surface area is 403 Å². The maximum absolute atomic E-state index is 2.57. The molecule has 0 bridgehead atoms. The zero-order chi connectivity index (χ0) is 45.6. The third-order valence-corrected chi connectivity index (χ3v) is 16.2. The number of hydrogen-bond donors (Lipinski definition) is 0. The van der Waals surface area contributed by atoms with E-state index in [1.165, 1.54) is 122 Å². The number of fused-ring (bicyclic) bond motifs is 17. The van der Waals surface area contributed by atoms with Gasteiger partial charge in [0.05, 0.1) is 5.41 Å². The minimum absolute atomic E-state index is 0.113. The Hall–Kier alpha value is -8.52. The van der Waals surface area contributed by atoms with E-state index in [1.54, 1.807) is 0 Å². The second-order valence-corrected chi connectivity index (χ2v) is 19.9. The van der Waals surface area contributed by atoms with Gasteiger partial charge in [-0.1, -0.05) is 202 Å². The largest absolute Gasteiger partial charge is 0.310 e. The van der Waals surface area contributed by atoms with Crippen molar-refractivity contribution in [1.82, 2.24) is 0 Å². The Bertz CT molecular complexity index is 3970. The molecule has 0 heterocycles. The summed E-state index contributed by atoms with van der Waals surface area (Å²) >= 11 is 0. The summed E-state index contributed by atoms with van der Waals surface area (Å²) in [7, 11) is 0. The summed E-state index contributed by atoms with van der Waals surface area (Å²) in [5.41, 5.74) is 29.2. The van der Waals surface area contributed by atoms with Crippen molar-refractivity contribution in [2.24, 2.45) is 0 Å². The van der Waals surface area contributed by atoms with Crippen LogP contribution in [0.3, 0.4) is 0 Å². The Morgan fingerprint density at radius 2 is 0.754 bits per heavy atom. The third-order valence-electron chi connectivity index (χ3n) is 16.2. The molecular formula is C68H45N. The number of anilines is 3. The maximum atomic E-state index is 2.57. The predicted molar refractivity (Wildman–Crippen MR) is 288 cm³/mol. The van der Waals surface area contributed by atoms with Crippen LogP contribution in [0, 0.1) is 0 Å². The monoisotopic (exact) mass is 875 g/mol. The van der Waals surface area contributed by atoms with Gasteiger partial charge < -0.3 is 4.90 Å². The van der Waals surface area contributed by atoms with Gasteiger partial charge in [-0.25, -0.2) is 0 Å². The zero-order valence-corrected chi connectivity index (χ0v) is 38.5. The molecule has 0 N–H and O–H groups in total. The normalized spacial score (nSPS) is 15.6. The van der Waals surface area contributed by atoms with E-state index in [0.29, 0.717) is 0 Å². The van der Waals surface area contributed by atoms with Crippen molar-refractivity contribution in [1.29, 1.82) is 0 Å². The molecule has 0 radical (unpaired) electrons. The standard InChI is InChI=1S/C68H45N/c1-67(2)59-24-11-8-19-51(59)53-38-36-48(40-62(53)67)69(46-32-27-43(28-33-46)42-15-4-3-5-16-42)47-34-29-44(30-35-47)45-31-37-54-52-20-9-12-25-60(52)68(63(54)39-45)61-26-13-10-21-56(61)66-57-23-14-22-55-49-17-6-7-18-50(49)58(65(55)57)41-64(66)68/h3-41H,1-2H3. The quantitative estimate of drug-likeness (QED) is 0.167. The summed E-state index contributed by atoms with van der Waals surface area (Å²) < 4.78 is 0. The summed E-state index contributed by atoms with van der Waals surface area (Å²) in [5, 5.41) is 2.72. The Balaban J connectivity index is 0.888. The lowest BCUT2D eigenvalue weighted by atomic mass is 9.69. The van der Waals surface area contributed by atoms with E-state index >= 15 is 0 Å². The van der Waals surface area contributed by atoms with Gasteiger partial charge in [0.1, 0.15) is 0 Å². The highest BCUT2D eigenvalue weighted by Gasteiger charge is 2.52. The van der Waals surface area contributed by atoms with E-state index in [0.717, 1.165) is 17.1 Å². The number of hydrogen-bond acceptors (Lipinski definition) is 1. The van der Waals surface area contributed by atoms with Crippen LogP contribution in [-0.4, -0.2) is 0 Å². The molecule has 322 valence electrons. The molecule has 1 heteroatoms. The van der Waals surface area contributed by atoms with Gasteiger partial charge in [-0.15, -0.1) is 0 Å². The fraction of sp³-hybridized carbons (Fsp3) is 0.0588. The van der Waals surface area contributed by atoms with Crippen molar-refractivity contribution in [2.75, 3.05) is 4.90 Å². The van der Waals surface area contributed by atoms with Gasteiger partial charge >= 0.3 is 0 Å². The summed E-state index contributed by atoms with van der Waals surface area (Å²) in [6, 6.07) is 89.1. The van der Waals surface area contributed by atoms with Crippen LogP contribution in [-0.2, 0) is 10.8 Å².